The van der Waals surface area contributed by atoms with E-state index in [1.807, 2.05) is 0 Å². The third-order valence-corrected chi connectivity index (χ3v) is 7.62. The van der Waals surface area contributed by atoms with Gasteiger partial charge in [0.1, 0.15) is 0 Å². The lowest BCUT2D eigenvalue weighted by molar-refractivity contribution is -0.123. The fraction of sp³-hybridized carbons (Fsp3) is 0.500. The molecule has 0 aromatic heterocycles. The number of benzene rings is 2. The molecule has 1 saturated carbocycles. The van der Waals surface area contributed by atoms with Crippen LogP contribution >= 0.6 is 0 Å². The smallest absolute Gasteiger partial charge is 0.222 e. The van der Waals surface area contributed by atoms with E-state index in [9.17, 15) is 4.79 Å². The minimum absolute atomic E-state index is 0.0254. The number of nitrogens with zero attached hydrogens (tertiary/aromatic N) is 1. The molecule has 3 heteroatoms. The van der Waals surface area contributed by atoms with Crippen LogP contribution in [0.15, 0.2) is 60.7 Å². The molecule has 1 N–H and O–H groups in total. The Balaban J connectivity index is 1.60. The first-order chi connectivity index (χ1) is 14.3. The van der Waals surface area contributed by atoms with Gasteiger partial charge in [0.2, 0.25) is 5.91 Å². The Morgan fingerprint density at radius 2 is 1.28 bits per heavy atom. The minimum atomic E-state index is -0.0254. The highest BCUT2D eigenvalue weighted by Gasteiger charge is 2.53. The molecule has 2 aromatic rings. The topological polar surface area (TPSA) is 32.3 Å². The zero-order valence-corrected chi connectivity index (χ0v) is 17.2. The molecule has 3 heterocycles. The fourth-order valence-electron chi connectivity index (χ4n) is 6.28. The van der Waals surface area contributed by atoms with Gasteiger partial charge in [-0.2, -0.15) is 0 Å². The third kappa shape index (κ3) is 3.61. The van der Waals surface area contributed by atoms with Gasteiger partial charge in [0.25, 0.3) is 0 Å². The molecule has 152 valence electrons. The van der Waals surface area contributed by atoms with Crippen molar-refractivity contribution in [2.75, 3.05) is 13.1 Å². The number of hydrogen-bond donors (Lipinski definition) is 1. The highest BCUT2D eigenvalue weighted by Crippen LogP contribution is 2.52. The molecule has 3 nitrogen and oxygen atoms in total. The molecule has 0 radical (unpaired) electrons. The summed E-state index contributed by atoms with van der Waals surface area (Å²) >= 11 is 0. The van der Waals surface area contributed by atoms with Crippen LogP contribution in [0.4, 0.5) is 0 Å². The monoisotopic (exact) mass is 388 g/mol. The molecule has 4 fully saturated rings. The number of carbonyl (C=O) groups excluding carboxylic acids is 1. The molecule has 0 spiro atoms. The van der Waals surface area contributed by atoms with Crippen LogP contribution in [0.2, 0.25) is 0 Å². The van der Waals surface area contributed by atoms with Crippen molar-refractivity contribution in [2.24, 2.45) is 0 Å². The number of nitrogens with one attached hydrogen (secondary N) is 1. The Morgan fingerprint density at radius 1 is 0.759 bits per heavy atom. The number of hydrogen-bond acceptors (Lipinski definition) is 2. The minimum Gasteiger partial charge on any atom is -0.352 e. The molecule has 2 atom stereocenters. The van der Waals surface area contributed by atoms with Crippen LogP contribution in [-0.2, 0) is 4.79 Å². The van der Waals surface area contributed by atoms with Crippen LogP contribution in [-0.4, -0.2) is 35.5 Å². The van der Waals surface area contributed by atoms with Gasteiger partial charge in [-0.05, 0) is 49.9 Å². The Hall–Kier alpha value is -2.13. The predicted octanol–water partition coefficient (Wildman–Crippen LogP) is 4.85. The van der Waals surface area contributed by atoms with E-state index in [4.69, 9.17) is 0 Å². The second-order valence-electron chi connectivity index (χ2n) is 9.34. The van der Waals surface area contributed by atoms with Crippen molar-refractivity contribution in [1.82, 2.24) is 10.2 Å². The van der Waals surface area contributed by atoms with Crippen molar-refractivity contribution in [1.29, 1.82) is 0 Å². The first-order valence-corrected chi connectivity index (χ1v) is 11.4. The summed E-state index contributed by atoms with van der Waals surface area (Å²) in [5.41, 5.74) is 2.72. The third-order valence-electron chi connectivity index (χ3n) is 7.62. The molecule has 3 aliphatic heterocycles. The molecular weight excluding hydrogens is 356 g/mol. The van der Waals surface area contributed by atoms with Gasteiger partial charge in [-0.25, -0.2) is 0 Å². The predicted molar refractivity (Wildman–Crippen MR) is 117 cm³/mol. The van der Waals surface area contributed by atoms with Gasteiger partial charge in [0.05, 0.1) is 0 Å². The Bertz CT molecular complexity index is 777. The van der Waals surface area contributed by atoms with Crippen LogP contribution in [0.3, 0.4) is 0 Å². The first kappa shape index (κ1) is 18.9. The number of carbonyl (C=O) groups is 1. The zero-order valence-electron chi connectivity index (χ0n) is 17.2. The lowest BCUT2D eigenvalue weighted by atomic mass is 9.63. The van der Waals surface area contributed by atoms with E-state index in [1.165, 1.54) is 36.8 Å². The zero-order chi connectivity index (χ0) is 19.7. The van der Waals surface area contributed by atoms with Crippen LogP contribution in [0.25, 0.3) is 0 Å². The van der Waals surface area contributed by atoms with Crippen LogP contribution in [0.5, 0.6) is 0 Å². The summed E-state index contributed by atoms with van der Waals surface area (Å²) in [7, 11) is 0. The van der Waals surface area contributed by atoms with Crippen LogP contribution in [0.1, 0.15) is 67.9 Å². The summed E-state index contributed by atoms with van der Waals surface area (Å²) in [6.45, 7) is 2.28. The molecule has 4 aliphatic rings. The van der Waals surface area contributed by atoms with E-state index in [0.717, 1.165) is 25.9 Å². The van der Waals surface area contributed by atoms with E-state index < -0.39 is 0 Å². The van der Waals surface area contributed by atoms with E-state index in [-0.39, 0.29) is 17.5 Å². The molecule has 1 aliphatic carbocycles. The van der Waals surface area contributed by atoms with E-state index in [2.05, 4.69) is 70.9 Å². The summed E-state index contributed by atoms with van der Waals surface area (Å²) in [6.07, 6.45) is 8.00. The van der Waals surface area contributed by atoms with Gasteiger partial charge < -0.3 is 5.32 Å². The normalized spacial score (nSPS) is 33.0. The van der Waals surface area contributed by atoms with Crippen molar-refractivity contribution in [3.8, 4) is 0 Å². The number of amides is 1. The van der Waals surface area contributed by atoms with Crippen molar-refractivity contribution < 1.29 is 4.79 Å². The number of fused-ring (bicyclic) bond motifs is 4. The van der Waals surface area contributed by atoms with Crippen molar-refractivity contribution in [2.45, 2.75) is 68.4 Å². The van der Waals surface area contributed by atoms with Gasteiger partial charge in [0, 0.05) is 29.8 Å². The number of likely N-dealkylation sites (tertiary alicyclic amines) is 1. The van der Waals surface area contributed by atoms with E-state index in [0.29, 0.717) is 18.3 Å². The summed E-state index contributed by atoms with van der Waals surface area (Å²) in [5, 5.41) is 3.48. The Morgan fingerprint density at radius 3 is 1.79 bits per heavy atom. The van der Waals surface area contributed by atoms with E-state index in [1.54, 1.807) is 0 Å². The second-order valence-corrected chi connectivity index (χ2v) is 9.34. The maximum absolute atomic E-state index is 13.1. The van der Waals surface area contributed by atoms with Crippen molar-refractivity contribution >= 4 is 5.91 Å². The highest BCUT2D eigenvalue weighted by molar-refractivity contribution is 5.79. The molecule has 2 bridgehead atoms. The van der Waals surface area contributed by atoms with Gasteiger partial charge in [-0.3, -0.25) is 9.69 Å². The lowest BCUT2D eigenvalue weighted by Gasteiger charge is -2.51. The average Bonchev–Trinajstić information content (AvgIpc) is 3.18. The molecular formula is C26H32N2O. The largest absolute Gasteiger partial charge is 0.352 e. The molecule has 29 heavy (non-hydrogen) atoms. The quantitative estimate of drug-likeness (QED) is 0.815. The standard InChI is InChI=1S/C26H32N2O/c29-24-19-26(28-15-9-1-2-10-16-28)17-22(20-11-5-3-6-12-20)25(27-24)23(18-26)21-13-7-4-8-14-21/h3-8,11-14,22-23,25H,1-2,9-10,15-19H2,(H,27,29). The van der Waals surface area contributed by atoms with Crippen molar-refractivity contribution in [3.63, 3.8) is 0 Å². The summed E-state index contributed by atoms with van der Waals surface area (Å²) < 4.78 is 0. The maximum atomic E-state index is 13.1. The molecule has 2 aromatic carbocycles. The van der Waals surface area contributed by atoms with Gasteiger partial charge in [-0.15, -0.1) is 0 Å². The van der Waals surface area contributed by atoms with Crippen molar-refractivity contribution in [3.05, 3.63) is 71.8 Å². The molecule has 3 saturated heterocycles. The molecule has 6 rings (SSSR count). The molecule has 1 amide bonds. The van der Waals surface area contributed by atoms with Crippen LogP contribution in [0, 0.1) is 0 Å². The summed E-state index contributed by atoms with van der Waals surface area (Å²) in [5.74, 6) is 0.978. The maximum Gasteiger partial charge on any atom is 0.222 e. The van der Waals surface area contributed by atoms with Gasteiger partial charge in [0.15, 0.2) is 0 Å². The first-order valence-electron chi connectivity index (χ1n) is 11.4. The Kier molecular flexibility index (Phi) is 5.17. The fourth-order valence-corrected chi connectivity index (χ4v) is 6.28. The van der Waals surface area contributed by atoms with E-state index >= 15 is 0 Å². The average molecular weight is 389 g/mol. The van der Waals surface area contributed by atoms with Crippen LogP contribution < -0.4 is 5.32 Å². The molecule has 2 unspecified atom stereocenters. The SMILES string of the molecule is O=C1CC2(N3CCCCCC3)CC(c3ccccc3)C(N1)C(c1ccccc1)C2. The second kappa shape index (κ2) is 7.95. The highest BCUT2D eigenvalue weighted by atomic mass is 16.1. The van der Waals surface area contributed by atoms with Gasteiger partial charge >= 0.3 is 0 Å². The number of rotatable bonds is 3. The summed E-state index contributed by atoms with van der Waals surface area (Å²) in [4.78, 5) is 15.8. The summed E-state index contributed by atoms with van der Waals surface area (Å²) in [6, 6.07) is 22.0. The Labute approximate surface area is 174 Å². The lowest BCUT2D eigenvalue weighted by Crippen LogP contribution is -2.55. The van der Waals surface area contributed by atoms with Gasteiger partial charge in [-0.1, -0.05) is 73.5 Å².